The maximum Gasteiger partial charge on any atom is 0.258 e. The van der Waals surface area contributed by atoms with E-state index in [-0.39, 0.29) is 29.2 Å². The van der Waals surface area contributed by atoms with E-state index in [1.165, 1.54) is 12.3 Å². The summed E-state index contributed by atoms with van der Waals surface area (Å²) in [7, 11) is 1.81. The minimum absolute atomic E-state index is 0.0252. The number of piperidine rings is 1. The third kappa shape index (κ3) is 3.33. The summed E-state index contributed by atoms with van der Waals surface area (Å²) < 4.78 is 16.5. The maximum absolute atomic E-state index is 14.9. The average Bonchev–Trinajstić information content (AvgIpc) is 3.19. The van der Waals surface area contributed by atoms with Gasteiger partial charge in [-0.2, -0.15) is 0 Å². The Morgan fingerprint density at radius 2 is 2.16 bits per heavy atom. The van der Waals surface area contributed by atoms with E-state index < -0.39 is 6.17 Å². The van der Waals surface area contributed by atoms with Crippen LogP contribution in [0.1, 0.15) is 26.2 Å². The Kier molecular flexibility index (Phi) is 4.85. The number of benzene rings is 1. The first-order valence-corrected chi connectivity index (χ1v) is 10.7. The lowest BCUT2D eigenvalue weighted by atomic mass is 9.96. The molecule has 2 aromatic heterocycles. The van der Waals surface area contributed by atoms with Crippen molar-refractivity contribution in [2.45, 2.75) is 57.0 Å². The second-order valence-electron chi connectivity index (χ2n) is 8.41. The molecule has 1 aromatic carbocycles. The van der Waals surface area contributed by atoms with Crippen molar-refractivity contribution in [1.29, 1.82) is 0 Å². The summed E-state index contributed by atoms with van der Waals surface area (Å²) in [6.07, 6.45) is 4.84. The number of alkyl halides is 1. The zero-order valence-corrected chi connectivity index (χ0v) is 17.5. The highest BCUT2D eigenvalue weighted by Crippen LogP contribution is 2.34. The molecule has 0 aliphatic carbocycles. The van der Waals surface area contributed by atoms with Crippen LogP contribution in [0.3, 0.4) is 0 Å². The number of pyridine rings is 1. The topological polar surface area (TPSA) is 96.2 Å². The quantitative estimate of drug-likeness (QED) is 0.663. The molecule has 2 saturated heterocycles. The predicted molar refractivity (Wildman–Crippen MR) is 116 cm³/mol. The molecule has 1 unspecified atom stereocenters. The first-order chi connectivity index (χ1) is 15.0. The van der Waals surface area contributed by atoms with E-state index >= 15 is 0 Å². The monoisotopic (exact) mass is 424 g/mol. The fourth-order valence-corrected chi connectivity index (χ4v) is 4.82. The molecule has 0 saturated carbocycles. The van der Waals surface area contributed by atoms with Crippen molar-refractivity contribution in [3.63, 3.8) is 0 Å². The molecule has 4 atom stereocenters. The van der Waals surface area contributed by atoms with E-state index in [0.29, 0.717) is 41.2 Å². The van der Waals surface area contributed by atoms with Crippen molar-refractivity contribution in [2.75, 3.05) is 11.9 Å². The van der Waals surface area contributed by atoms with Gasteiger partial charge in [0.05, 0.1) is 17.8 Å². The number of rotatable bonds is 4. The number of aromatic hydroxyl groups is 1. The SMILES string of the molecule is CCn1ccc2cc(O)c(-c3ncc(N(C)[C@H]4CC5CC[C@@H](N5)[C@H]4F)nn3)cc2c1=O. The minimum Gasteiger partial charge on any atom is -0.507 e. The van der Waals surface area contributed by atoms with Gasteiger partial charge in [-0.25, -0.2) is 9.37 Å². The summed E-state index contributed by atoms with van der Waals surface area (Å²) in [5.41, 5.74) is 0.198. The number of phenolic OH excluding ortho intramolecular Hbond substituents is 1. The molecule has 0 spiro atoms. The van der Waals surface area contributed by atoms with Gasteiger partial charge >= 0.3 is 0 Å². The van der Waals surface area contributed by atoms with Crippen LogP contribution in [0.15, 0.2) is 35.4 Å². The van der Waals surface area contributed by atoms with Crippen molar-refractivity contribution < 1.29 is 9.50 Å². The first kappa shape index (κ1) is 19.9. The Morgan fingerprint density at radius 3 is 2.90 bits per heavy atom. The molecular formula is C22H25FN6O2. The molecule has 2 fully saturated rings. The molecule has 5 rings (SSSR count). The molecule has 4 heterocycles. The average molecular weight is 424 g/mol. The molecule has 9 heteroatoms. The molecule has 31 heavy (non-hydrogen) atoms. The molecule has 3 aromatic rings. The Labute approximate surface area is 178 Å². The number of halogens is 1. The van der Waals surface area contributed by atoms with E-state index in [2.05, 4.69) is 20.5 Å². The number of anilines is 1. The van der Waals surface area contributed by atoms with Crippen LogP contribution in [0.25, 0.3) is 22.2 Å². The van der Waals surface area contributed by atoms with Crippen molar-refractivity contribution in [3.8, 4) is 17.1 Å². The first-order valence-electron chi connectivity index (χ1n) is 10.7. The lowest BCUT2D eigenvalue weighted by Crippen LogP contribution is -2.55. The maximum atomic E-state index is 14.9. The van der Waals surface area contributed by atoms with Crippen LogP contribution in [0, 0.1) is 0 Å². The molecule has 2 N–H and O–H groups in total. The number of aromatic nitrogens is 4. The third-order valence-electron chi connectivity index (χ3n) is 6.64. The highest BCUT2D eigenvalue weighted by Gasteiger charge is 2.43. The lowest BCUT2D eigenvalue weighted by Gasteiger charge is -2.38. The Hall–Kier alpha value is -3.07. The van der Waals surface area contributed by atoms with E-state index in [1.54, 1.807) is 27.8 Å². The molecule has 2 aliphatic rings. The van der Waals surface area contributed by atoms with Crippen LogP contribution in [-0.4, -0.2) is 56.2 Å². The molecule has 0 radical (unpaired) electrons. The minimum atomic E-state index is -0.976. The van der Waals surface area contributed by atoms with E-state index in [1.807, 2.05) is 14.0 Å². The third-order valence-corrected chi connectivity index (χ3v) is 6.64. The summed E-state index contributed by atoms with van der Waals surface area (Å²) in [4.78, 5) is 18.8. The second kappa shape index (κ2) is 7.56. The van der Waals surface area contributed by atoms with Gasteiger partial charge in [0.25, 0.3) is 5.56 Å². The normalized spacial score (nSPS) is 25.1. The van der Waals surface area contributed by atoms with Gasteiger partial charge in [0, 0.05) is 37.3 Å². The van der Waals surface area contributed by atoms with Crippen molar-refractivity contribution in [2.24, 2.45) is 0 Å². The standard InChI is InChI=1S/C22H25FN6O2/c1-3-29-7-6-12-8-18(30)15(10-14(12)22(29)31)21-24-11-19(26-27-21)28(2)17-9-13-4-5-16(25-13)20(17)23/h6-8,10-11,13,16-17,20,25,30H,3-5,9H2,1-2H3/t13?,16-,17+,20-/m1/s1. The van der Waals surface area contributed by atoms with Crippen LogP contribution >= 0.6 is 0 Å². The van der Waals surface area contributed by atoms with Crippen LogP contribution in [0.5, 0.6) is 5.75 Å². The zero-order chi connectivity index (χ0) is 21.7. The molecule has 0 amide bonds. The number of aryl methyl sites for hydroxylation is 1. The van der Waals surface area contributed by atoms with Crippen LogP contribution in [-0.2, 0) is 6.54 Å². The summed E-state index contributed by atoms with van der Waals surface area (Å²) in [5, 5.41) is 23.4. The van der Waals surface area contributed by atoms with Gasteiger partial charge < -0.3 is 19.9 Å². The van der Waals surface area contributed by atoms with E-state index in [4.69, 9.17) is 0 Å². The molecule has 2 aliphatic heterocycles. The molecule has 2 bridgehead atoms. The Balaban J connectivity index is 1.46. The number of nitrogens with zero attached hydrogens (tertiary/aromatic N) is 5. The molecular weight excluding hydrogens is 399 g/mol. The molecule has 162 valence electrons. The number of hydrogen-bond acceptors (Lipinski definition) is 7. The summed E-state index contributed by atoms with van der Waals surface area (Å²) in [6, 6.07) is 4.89. The Morgan fingerprint density at radius 1 is 1.32 bits per heavy atom. The molecule has 8 nitrogen and oxygen atoms in total. The fourth-order valence-electron chi connectivity index (χ4n) is 4.82. The van der Waals surface area contributed by atoms with Gasteiger partial charge in [-0.15, -0.1) is 10.2 Å². The summed E-state index contributed by atoms with van der Waals surface area (Å²) >= 11 is 0. The van der Waals surface area contributed by atoms with Gasteiger partial charge in [-0.05, 0) is 49.8 Å². The smallest absolute Gasteiger partial charge is 0.258 e. The number of phenols is 1. The van der Waals surface area contributed by atoms with E-state index in [9.17, 15) is 14.3 Å². The van der Waals surface area contributed by atoms with Gasteiger partial charge in [0.2, 0.25) is 0 Å². The van der Waals surface area contributed by atoms with Gasteiger partial charge in [0.1, 0.15) is 11.9 Å². The van der Waals surface area contributed by atoms with Crippen molar-refractivity contribution in [3.05, 3.63) is 40.9 Å². The van der Waals surface area contributed by atoms with Gasteiger partial charge in [-0.3, -0.25) is 4.79 Å². The highest BCUT2D eigenvalue weighted by atomic mass is 19.1. The number of fused-ring (bicyclic) bond motifs is 3. The Bertz CT molecular complexity index is 1180. The van der Waals surface area contributed by atoms with Crippen LogP contribution in [0.4, 0.5) is 10.2 Å². The van der Waals surface area contributed by atoms with Crippen molar-refractivity contribution >= 4 is 16.6 Å². The van der Waals surface area contributed by atoms with E-state index in [0.717, 1.165) is 12.8 Å². The van der Waals surface area contributed by atoms with Gasteiger partial charge in [0.15, 0.2) is 11.6 Å². The highest BCUT2D eigenvalue weighted by molar-refractivity contribution is 5.88. The summed E-state index contributed by atoms with van der Waals surface area (Å²) in [5.74, 6) is 0.666. The zero-order valence-electron chi connectivity index (χ0n) is 17.5. The number of hydrogen-bond donors (Lipinski definition) is 2. The second-order valence-corrected chi connectivity index (χ2v) is 8.41. The van der Waals surface area contributed by atoms with Crippen molar-refractivity contribution in [1.82, 2.24) is 25.1 Å². The van der Waals surface area contributed by atoms with Gasteiger partial charge in [-0.1, -0.05) is 0 Å². The fraction of sp³-hybridized carbons (Fsp3) is 0.455. The predicted octanol–water partition coefficient (Wildman–Crippen LogP) is 2.25. The van der Waals surface area contributed by atoms with Crippen LogP contribution in [0.2, 0.25) is 0 Å². The number of nitrogens with one attached hydrogen (secondary N) is 1. The largest absolute Gasteiger partial charge is 0.507 e. The van der Waals surface area contributed by atoms with Crippen LogP contribution < -0.4 is 15.8 Å². The summed E-state index contributed by atoms with van der Waals surface area (Å²) in [6.45, 7) is 2.45. The lowest BCUT2D eigenvalue weighted by molar-refractivity contribution is 0.176.